The van der Waals surface area contributed by atoms with Crippen molar-refractivity contribution in [3.05, 3.63) is 48.0 Å². The van der Waals surface area contributed by atoms with Crippen molar-refractivity contribution < 1.29 is 22.1 Å². The van der Waals surface area contributed by atoms with E-state index in [1.807, 2.05) is 25.1 Å². The molecule has 1 aliphatic rings. The van der Waals surface area contributed by atoms with Crippen LogP contribution in [0, 0.1) is 6.92 Å². The topological polar surface area (TPSA) is 65.1 Å². The number of aryl methyl sites for hydroxylation is 1. The Morgan fingerprint density at radius 3 is 2.59 bits per heavy atom. The molecule has 3 rings (SSSR count). The SMILES string of the molecule is CCN1CC(CCOS(=O)(=O)c2ccc(C)cc2)Oc2c(OC)cccc21. The van der Waals surface area contributed by atoms with Crippen LogP contribution in [0.1, 0.15) is 18.9 Å². The van der Waals surface area contributed by atoms with Gasteiger partial charge in [-0.3, -0.25) is 4.18 Å². The van der Waals surface area contributed by atoms with Gasteiger partial charge in [0.15, 0.2) is 11.5 Å². The highest BCUT2D eigenvalue weighted by Gasteiger charge is 2.28. The first-order chi connectivity index (χ1) is 12.9. The van der Waals surface area contributed by atoms with Gasteiger partial charge in [0.05, 0.1) is 30.8 Å². The maximum atomic E-state index is 12.3. The van der Waals surface area contributed by atoms with Crippen LogP contribution in [0.15, 0.2) is 47.4 Å². The second-order valence-electron chi connectivity index (χ2n) is 6.46. The first-order valence-electron chi connectivity index (χ1n) is 8.99. The van der Waals surface area contributed by atoms with Crippen LogP contribution in [0.2, 0.25) is 0 Å². The molecule has 6 nitrogen and oxygen atoms in total. The van der Waals surface area contributed by atoms with Gasteiger partial charge in [0.1, 0.15) is 6.10 Å². The number of para-hydroxylation sites is 1. The van der Waals surface area contributed by atoms with Gasteiger partial charge in [-0.25, -0.2) is 0 Å². The molecule has 0 saturated carbocycles. The maximum Gasteiger partial charge on any atom is 0.296 e. The third-order valence-electron chi connectivity index (χ3n) is 4.60. The summed E-state index contributed by atoms with van der Waals surface area (Å²) in [5.41, 5.74) is 1.98. The Bertz CT molecular complexity index is 880. The Hall–Kier alpha value is -2.25. The second kappa shape index (κ2) is 8.19. The van der Waals surface area contributed by atoms with E-state index in [2.05, 4.69) is 11.8 Å². The zero-order chi connectivity index (χ0) is 19.4. The summed E-state index contributed by atoms with van der Waals surface area (Å²) < 4.78 is 41.3. The zero-order valence-electron chi connectivity index (χ0n) is 15.8. The van der Waals surface area contributed by atoms with Crippen molar-refractivity contribution in [2.45, 2.75) is 31.3 Å². The van der Waals surface area contributed by atoms with Crippen LogP contribution in [-0.2, 0) is 14.3 Å². The van der Waals surface area contributed by atoms with Gasteiger partial charge in [-0.05, 0) is 38.1 Å². The number of hydrogen-bond acceptors (Lipinski definition) is 6. The normalized spacial score (nSPS) is 16.6. The molecule has 0 fully saturated rings. The molecular weight excluding hydrogens is 366 g/mol. The molecule has 2 aromatic carbocycles. The summed E-state index contributed by atoms with van der Waals surface area (Å²) in [4.78, 5) is 2.36. The fourth-order valence-corrected chi connectivity index (χ4v) is 4.01. The molecule has 0 N–H and O–H groups in total. The van der Waals surface area contributed by atoms with Crippen molar-refractivity contribution in [1.29, 1.82) is 0 Å². The van der Waals surface area contributed by atoms with Crippen molar-refractivity contribution in [2.24, 2.45) is 0 Å². The smallest absolute Gasteiger partial charge is 0.296 e. The van der Waals surface area contributed by atoms with Gasteiger partial charge in [0, 0.05) is 13.0 Å². The predicted octanol–water partition coefficient (Wildman–Crippen LogP) is 3.39. The van der Waals surface area contributed by atoms with Crippen LogP contribution in [-0.4, -0.2) is 41.3 Å². The molecule has 0 saturated heterocycles. The quantitative estimate of drug-likeness (QED) is 0.674. The van der Waals surface area contributed by atoms with E-state index < -0.39 is 10.1 Å². The summed E-state index contributed by atoms with van der Waals surface area (Å²) in [6.07, 6.45) is 0.279. The Labute approximate surface area is 160 Å². The van der Waals surface area contributed by atoms with E-state index in [9.17, 15) is 8.42 Å². The van der Waals surface area contributed by atoms with Crippen LogP contribution in [0.4, 0.5) is 5.69 Å². The number of likely N-dealkylation sites (N-methyl/N-ethyl adjacent to an activating group) is 1. The van der Waals surface area contributed by atoms with Gasteiger partial charge in [-0.2, -0.15) is 8.42 Å². The van der Waals surface area contributed by atoms with Crippen LogP contribution < -0.4 is 14.4 Å². The van der Waals surface area contributed by atoms with Gasteiger partial charge in [0.2, 0.25) is 0 Å². The van der Waals surface area contributed by atoms with Gasteiger partial charge >= 0.3 is 0 Å². The number of anilines is 1. The van der Waals surface area contributed by atoms with Crippen molar-refractivity contribution in [1.82, 2.24) is 0 Å². The summed E-state index contributed by atoms with van der Waals surface area (Å²) in [6, 6.07) is 12.4. The lowest BCUT2D eigenvalue weighted by molar-refractivity contribution is 0.153. The van der Waals surface area contributed by atoms with Crippen LogP contribution >= 0.6 is 0 Å². The Morgan fingerprint density at radius 1 is 1.19 bits per heavy atom. The maximum absolute atomic E-state index is 12.3. The lowest BCUT2D eigenvalue weighted by Gasteiger charge is -2.36. The highest BCUT2D eigenvalue weighted by atomic mass is 32.2. The minimum absolute atomic E-state index is 0.0584. The summed E-state index contributed by atoms with van der Waals surface area (Å²) in [7, 11) is -2.16. The molecule has 0 radical (unpaired) electrons. The summed E-state index contributed by atoms with van der Waals surface area (Å²) in [6.45, 7) is 5.53. The monoisotopic (exact) mass is 391 g/mol. The predicted molar refractivity (Wildman–Crippen MR) is 104 cm³/mol. The number of rotatable bonds is 7. The van der Waals surface area contributed by atoms with E-state index in [1.165, 1.54) is 0 Å². The Morgan fingerprint density at radius 2 is 1.93 bits per heavy atom. The van der Waals surface area contributed by atoms with E-state index in [4.69, 9.17) is 13.7 Å². The van der Waals surface area contributed by atoms with Crippen molar-refractivity contribution in [3.63, 3.8) is 0 Å². The molecule has 1 aliphatic heterocycles. The molecule has 27 heavy (non-hydrogen) atoms. The molecule has 1 heterocycles. The van der Waals surface area contributed by atoms with Gasteiger partial charge in [-0.1, -0.05) is 23.8 Å². The molecule has 7 heteroatoms. The first kappa shape index (κ1) is 19.5. The molecule has 1 unspecified atom stereocenters. The van der Waals surface area contributed by atoms with Gasteiger partial charge in [0.25, 0.3) is 10.1 Å². The lowest BCUT2D eigenvalue weighted by Crippen LogP contribution is -2.40. The molecule has 2 aromatic rings. The molecule has 0 aliphatic carbocycles. The fourth-order valence-electron chi connectivity index (χ4n) is 3.09. The van der Waals surface area contributed by atoms with Crippen molar-refractivity contribution in [3.8, 4) is 11.5 Å². The van der Waals surface area contributed by atoms with Crippen LogP contribution in [0.25, 0.3) is 0 Å². The Balaban J connectivity index is 1.65. The third kappa shape index (κ3) is 4.36. The summed E-state index contributed by atoms with van der Waals surface area (Å²) >= 11 is 0. The highest BCUT2D eigenvalue weighted by Crippen LogP contribution is 2.41. The molecule has 0 spiro atoms. The number of methoxy groups -OCH3 is 1. The number of fused-ring (bicyclic) bond motifs is 1. The van der Waals surface area contributed by atoms with E-state index in [0.29, 0.717) is 24.5 Å². The summed E-state index contributed by atoms with van der Waals surface area (Å²) in [5, 5.41) is 0. The number of hydrogen-bond donors (Lipinski definition) is 0. The molecule has 0 amide bonds. The Kier molecular flexibility index (Phi) is 5.92. The van der Waals surface area contributed by atoms with Gasteiger partial charge in [-0.15, -0.1) is 0 Å². The van der Waals surface area contributed by atoms with E-state index in [0.717, 1.165) is 17.8 Å². The number of benzene rings is 2. The molecule has 146 valence electrons. The van der Waals surface area contributed by atoms with Crippen LogP contribution in [0.3, 0.4) is 0 Å². The van der Waals surface area contributed by atoms with Gasteiger partial charge < -0.3 is 14.4 Å². The minimum Gasteiger partial charge on any atom is -0.493 e. The average molecular weight is 391 g/mol. The third-order valence-corrected chi connectivity index (χ3v) is 5.92. The van der Waals surface area contributed by atoms with E-state index in [1.54, 1.807) is 31.4 Å². The fraction of sp³-hybridized carbons (Fsp3) is 0.400. The lowest BCUT2D eigenvalue weighted by atomic mass is 10.1. The minimum atomic E-state index is -3.76. The molecule has 1 atom stereocenters. The zero-order valence-corrected chi connectivity index (χ0v) is 16.7. The average Bonchev–Trinajstić information content (AvgIpc) is 2.67. The second-order valence-corrected chi connectivity index (χ2v) is 8.08. The van der Waals surface area contributed by atoms with E-state index >= 15 is 0 Å². The standard InChI is InChI=1S/C20H25NO5S/c1-4-21-14-16(26-20-18(21)6-5-7-19(20)24-3)12-13-25-27(22,23)17-10-8-15(2)9-11-17/h5-11,16H,4,12-14H2,1-3H3. The van der Waals surface area contributed by atoms with Crippen LogP contribution in [0.5, 0.6) is 11.5 Å². The number of ether oxygens (including phenoxy) is 2. The molecule has 0 aromatic heterocycles. The van der Waals surface area contributed by atoms with E-state index in [-0.39, 0.29) is 17.6 Å². The number of nitrogens with zero attached hydrogens (tertiary/aromatic N) is 1. The summed E-state index contributed by atoms with van der Waals surface area (Å²) in [5.74, 6) is 1.36. The molecular formula is C20H25NO5S. The highest BCUT2D eigenvalue weighted by molar-refractivity contribution is 7.86. The van der Waals surface area contributed by atoms with Crippen molar-refractivity contribution >= 4 is 15.8 Å². The molecule has 0 bridgehead atoms. The first-order valence-corrected chi connectivity index (χ1v) is 10.4. The van der Waals surface area contributed by atoms with Crippen molar-refractivity contribution in [2.75, 3.05) is 31.7 Å². The largest absolute Gasteiger partial charge is 0.493 e.